The number of aromatic nitrogens is 6. The Morgan fingerprint density at radius 2 is 2.00 bits per heavy atom. The summed E-state index contributed by atoms with van der Waals surface area (Å²) in [6.07, 6.45) is 2.53. The molecule has 34 heavy (non-hydrogen) atoms. The first-order chi connectivity index (χ1) is 16.5. The number of anilines is 2. The SMILES string of the molecule is COc1ccc(N2CCC(Cn3c(=O)n(C)c4c3nc(N)n3nc(-c5ccco5)nc43)C2)cc1. The second-order valence-electron chi connectivity index (χ2n) is 8.54. The van der Waals surface area contributed by atoms with Crippen LogP contribution in [0.4, 0.5) is 11.6 Å². The van der Waals surface area contributed by atoms with Crippen molar-refractivity contribution >= 4 is 28.4 Å². The number of ether oxygens (including phenoxy) is 1. The van der Waals surface area contributed by atoms with Gasteiger partial charge in [-0.1, -0.05) is 0 Å². The van der Waals surface area contributed by atoms with Gasteiger partial charge in [-0.3, -0.25) is 9.13 Å². The summed E-state index contributed by atoms with van der Waals surface area (Å²) in [5.41, 5.74) is 8.79. The highest BCUT2D eigenvalue weighted by molar-refractivity contribution is 5.88. The van der Waals surface area contributed by atoms with E-state index >= 15 is 0 Å². The maximum atomic E-state index is 13.2. The summed E-state index contributed by atoms with van der Waals surface area (Å²) in [6, 6.07) is 11.6. The minimum absolute atomic E-state index is 0.152. The summed E-state index contributed by atoms with van der Waals surface area (Å²) in [5.74, 6) is 2.20. The van der Waals surface area contributed by atoms with Crippen LogP contribution in [-0.2, 0) is 13.6 Å². The standard InChI is InChI=1S/C23H24N8O3/c1-28-18-20(26-22(24)31-21(18)25-19(27-31)17-4-3-11-34-17)30(23(28)32)13-14-9-10-29(12-14)15-5-7-16(33-2)8-6-15/h3-8,11,14H,9-10,12-13H2,1-2H3,(H2,24,26). The Kier molecular flexibility index (Phi) is 4.57. The molecular weight excluding hydrogens is 436 g/mol. The number of nitrogens with zero attached hydrogens (tertiary/aromatic N) is 7. The quantitative estimate of drug-likeness (QED) is 0.423. The van der Waals surface area contributed by atoms with Crippen molar-refractivity contribution in [2.24, 2.45) is 13.0 Å². The van der Waals surface area contributed by atoms with E-state index in [9.17, 15) is 4.79 Å². The number of hydrogen-bond donors (Lipinski definition) is 1. The summed E-state index contributed by atoms with van der Waals surface area (Å²) in [7, 11) is 3.38. The maximum absolute atomic E-state index is 13.2. The van der Waals surface area contributed by atoms with Gasteiger partial charge in [-0.15, -0.1) is 5.10 Å². The predicted molar refractivity (Wildman–Crippen MR) is 127 cm³/mol. The van der Waals surface area contributed by atoms with Gasteiger partial charge < -0.3 is 19.8 Å². The van der Waals surface area contributed by atoms with Gasteiger partial charge in [0, 0.05) is 32.4 Å². The van der Waals surface area contributed by atoms with Crippen LogP contribution in [-0.4, -0.2) is 48.9 Å². The van der Waals surface area contributed by atoms with E-state index in [2.05, 4.69) is 32.1 Å². The lowest BCUT2D eigenvalue weighted by Gasteiger charge is -2.19. The molecule has 0 amide bonds. The summed E-state index contributed by atoms with van der Waals surface area (Å²) in [6.45, 7) is 2.32. The molecule has 174 valence electrons. The van der Waals surface area contributed by atoms with E-state index < -0.39 is 0 Å². The predicted octanol–water partition coefficient (Wildman–Crippen LogP) is 2.15. The molecule has 1 atom stereocenters. The number of benzene rings is 1. The first-order valence-corrected chi connectivity index (χ1v) is 11.1. The van der Waals surface area contributed by atoms with E-state index in [-0.39, 0.29) is 11.6 Å². The fourth-order valence-corrected chi connectivity index (χ4v) is 4.73. The van der Waals surface area contributed by atoms with Gasteiger partial charge >= 0.3 is 5.69 Å². The Balaban J connectivity index is 1.35. The Hall–Kier alpha value is -4.28. The highest BCUT2D eigenvalue weighted by Crippen LogP contribution is 2.28. The van der Waals surface area contributed by atoms with E-state index in [1.807, 2.05) is 12.1 Å². The van der Waals surface area contributed by atoms with Crippen molar-refractivity contribution < 1.29 is 9.15 Å². The highest BCUT2D eigenvalue weighted by atomic mass is 16.5. The lowest BCUT2D eigenvalue weighted by Crippen LogP contribution is -2.27. The monoisotopic (exact) mass is 460 g/mol. The van der Waals surface area contributed by atoms with Crippen LogP contribution < -0.4 is 21.1 Å². The number of methoxy groups -OCH3 is 1. The van der Waals surface area contributed by atoms with Crippen LogP contribution in [0.2, 0.25) is 0 Å². The fraction of sp³-hybridized carbons (Fsp3) is 0.304. The molecule has 11 nitrogen and oxygen atoms in total. The van der Waals surface area contributed by atoms with E-state index in [0.717, 1.165) is 30.9 Å². The highest BCUT2D eigenvalue weighted by Gasteiger charge is 2.27. The van der Waals surface area contributed by atoms with Crippen molar-refractivity contribution in [1.29, 1.82) is 0 Å². The topological polar surface area (TPSA) is 122 Å². The number of furan rings is 1. The number of imidazole rings is 1. The van der Waals surface area contributed by atoms with Crippen molar-refractivity contribution in [2.75, 3.05) is 30.8 Å². The number of aryl methyl sites for hydroxylation is 1. The first kappa shape index (κ1) is 20.3. The average molecular weight is 460 g/mol. The number of nitrogens with two attached hydrogens (primary N) is 1. The van der Waals surface area contributed by atoms with Gasteiger partial charge in [0.25, 0.3) is 0 Å². The van der Waals surface area contributed by atoms with Crippen molar-refractivity contribution in [3.8, 4) is 17.3 Å². The van der Waals surface area contributed by atoms with E-state index in [1.165, 1.54) is 4.52 Å². The smallest absolute Gasteiger partial charge is 0.330 e. The van der Waals surface area contributed by atoms with Crippen LogP contribution in [0.1, 0.15) is 6.42 Å². The molecule has 6 rings (SSSR count). The van der Waals surface area contributed by atoms with Crippen LogP contribution >= 0.6 is 0 Å². The molecule has 4 aromatic heterocycles. The summed E-state index contributed by atoms with van der Waals surface area (Å²) in [5, 5.41) is 4.43. The molecular formula is C23H24N8O3. The van der Waals surface area contributed by atoms with Crippen molar-refractivity contribution in [1.82, 2.24) is 28.7 Å². The van der Waals surface area contributed by atoms with Crippen molar-refractivity contribution in [3.05, 3.63) is 53.1 Å². The van der Waals surface area contributed by atoms with E-state index in [0.29, 0.717) is 40.9 Å². The number of hydrogen-bond acceptors (Lipinski definition) is 8. The molecule has 1 saturated heterocycles. The van der Waals surface area contributed by atoms with Crippen molar-refractivity contribution in [3.63, 3.8) is 0 Å². The maximum Gasteiger partial charge on any atom is 0.330 e. The molecule has 5 heterocycles. The lowest BCUT2D eigenvalue weighted by molar-refractivity contribution is 0.415. The molecule has 1 unspecified atom stereocenters. The van der Waals surface area contributed by atoms with Crippen LogP contribution in [0.5, 0.6) is 5.75 Å². The minimum atomic E-state index is -0.152. The number of fused-ring (bicyclic) bond motifs is 3. The molecule has 0 saturated carbocycles. The van der Waals surface area contributed by atoms with Gasteiger partial charge in [-0.05, 0) is 48.7 Å². The Morgan fingerprint density at radius 3 is 2.74 bits per heavy atom. The van der Waals surface area contributed by atoms with Gasteiger partial charge in [-0.25, -0.2) is 9.78 Å². The van der Waals surface area contributed by atoms with E-state index in [1.54, 1.807) is 41.7 Å². The third kappa shape index (κ3) is 3.11. The fourth-order valence-electron chi connectivity index (χ4n) is 4.73. The Bertz CT molecular complexity index is 1550. The van der Waals surface area contributed by atoms with Gasteiger partial charge in [0.2, 0.25) is 11.8 Å². The minimum Gasteiger partial charge on any atom is -0.497 e. The summed E-state index contributed by atoms with van der Waals surface area (Å²) >= 11 is 0. The van der Waals surface area contributed by atoms with Crippen LogP contribution in [0.25, 0.3) is 28.4 Å². The zero-order valence-corrected chi connectivity index (χ0v) is 18.9. The number of rotatable bonds is 5. The lowest BCUT2D eigenvalue weighted by atomic mass is 10.1. The van der Waals surface area contributed by atoms with Gasteiger partial charge in [0.1, 0.15) is 11.3 Å². The first-order valence-electron chi connectivity index (χ1n) is 11.1. The third-order valence-electron chi connectivity index (χ3n) is 6.48. The van der Waals surface area contributed by atoms with Crippen LogP contribution in [0, 0.1) is 5.92 Å². The molecule has 11 heteroatoms. The molecule has 0 aliphatic carbocycles. The Labute approximate surface area is 194 Å². The molecule has 0 spiro atoms. The molecule has 1 aromatic carbocycles. The number of nitrogen functional groups attached to an aromatic ring is 1. The molecule has 2 N–H and O–H groups in total. The molecule has 1 fully saturated rings. The van der Waals surface area contributed by atoms with Gasteiger partial charge in [0.15, 0.2) is 17.1 Å². The zero-order chi connectivity index (χ0) is 23.4. The second kappa shape index (κ2) is 7.65. The normalized spacial score (nSPS) is 16.2. The molecule has 1 aliphatic rings. The molecule has 1 aliphatic heterocycles. The van der Waals surface area contributed by atoms with Crippen LogP contribution in [0.3, 0.4) is 0 Å². The molecule has 0 radical (unpaired) electrons. The molecule has 0 bridgehead atoms. The van der Waals surface area contributed by atoms with Crippen molar-refractivity contribution in [2.45, 2.75) is 13.0 Å². The van der Waals surface area contributed by atoms with Gasteiger partial charge in [-0.2, -0.15) is 9.50 Å². The van der Waals surface area contributed by atoms with Gasteiger partial charge in [0.05, 0.1) is 13.4 Å². The summed E-state index contributed by atoms with van der Waals surface area (Å²) < 4.78 is 15.4. The Morgan fingerprint density at radius 1 is 1.18 bits per heavy atom. The third-order valence-corrected chi connectivity index (χ3v) is 6.48. The second-order valence-corrected chi connectivity index (χ2v) is 8.54. The molecule has 5 aromatic rings. The van der Waals surface area contributed by atoms with E-state index in [4.69, 9.17) is 14.9 Å². The van der Waals surface area contributed by atoms with Crippen LogP contribution in [0.15, 0.2) is 51.9 Å². The summed E-state index contributed by atoms with van der Waals surface area (Å²) in [4.78, 5) is 24.7. The average Bonchev–Trinajstić information content (AvgIpc) is 3.64. The largest absolute Gasteiger partial charge is 0.497 e. The zero-order valence-electron chi connectivity index (χ0n) is 18.9.